The Kier molecular flexibility index (Phi) is 4.23. The van der Waals surface area contributed by atoms with E-state index in [0.29, 0.717) is 17.2 Å². The number of fused-ring (bicyclic) bond motifs is 1. The third-order valence-corrected chi connectivity index (χ3v) is 5.23. The highest BCUT2D eigenvalue weighted by Gasteiger charge is 2.24. The predicted molar refractivity (Wildman–Crippen MR) is 89.7 cm³/mol. The van der Waals surface area contributed by atoms with Crippen molar-refractivity contribution in [3.63, 3.8) is 0 Å². The van der Waals surface area contributed by atoms with Crippen molar-refractivity contribution in [3.8, 4) is 16.3 Å². The van der Waals surface area contributed by atoms with Gasteiger partial charge in [-0.3, -0.25) is 0 Å². The molecule has 0 fully saturated rings. The summed E-state index contributed by atoms with van der Waals surface area (Å²) in [6, 6.07) is 4.08. The average Bonchev–Trinajstić information content (AvgIpc) is 3.01. The molecule has 0 saturated carbocycles. The molecular weight excluding hydrogens is 366 g/mol. The number of halogens is 1. The van der Waals surface area contributed by atoms with Crippen LogP contribution in [0.5, 0.6) is 5.75 Å². The molecule has 2 aromatic rings. The summed E-state index contributed by atoms with van der Waals surface area (Å²) in [5, 5.41) is 0.823. The van der Waals surface area contributed by atoms with Crippen LogP contribution in [0, 0.1) is 6.92 Å². The number of hydrogen-bond acceptors (Lipinski definition) is 5. The van der Waals surface area contributed by atoms with Gasteiger partial charge in [0.05, 0.1) is 16.8 Å². The number of hydrogen-bond donors (Lipinski definition) is 0. The minimum atomic E-state index is -0.305. The second-order valence-corrected chi connectivity index (χ2v) is 7.09. The number of ether oxygens (including phenoxy) is 2. The van der Waals surface area contributed by atoms with Crippen molar-refractivity contribution in [1.29, 1.82) is 0 Å². The van der Waals surface area contributed by atoms with Gasteiger partial charge < -0.3 is 9.47 Å². The van der Waals surface area contributed by atoms with Gasteiger partial charge in [-0.1, -0.05) is 0 Å². The van der Waals surface area contributed by atoms with E-state index >= 15 is 0 Å². The molecule has 2 heterocycles. The molecule has 22 heavy (non-hydrogen) atoms. The number of carbonyl (C=O) groups is 1. The average molecular weight is 382 g/mol. The Bertz CT molecular complexity index is 741. The van der Waals surface area contributed by atoms with Crippen LogP contribution >= 0.6 is 27.3 Å². The molecule has 0 saturated heterocycles. The van der Waals surface area contributed by atoms with Crippen molar-refractivity contribution < 1.29 is 14.3 Å². The SMILES string of the molecule is CCOC(=O)c1sc(-c2cc(Br)c3c(c2)CC(C)O3)nc1C. The lowest BCUT2D eigenvalue weighted by Gasteiger charge is -2.06. The molecular formula is C16H16BrNO3S. The van der Waals surface area contributed by atoms with Crippen LogP contribution in [0.25, 0.3) is 10.6 Å². The summed E-state index contributed by atoms with van der Waals surface area (Å²) in [5.41, 5.74) is 2.87. The van der Waals surface area contributed by atoms with Crippen molar-refractivity contribution in [2.75, 3.05) is 6.61 Å². The van der Waals surface area contributed by atoms with Crippen molar-refractivity contribution in [2.45, 2.75) is 33.3 Å². The maximum Gasteiger partial charge on any atom is 0.350 e. The summed E-state index contributed by atoms with van der Waals surface area (Å²) in [5.74, 6) is 0.607. The molecule has 0 amide bonds. The molecule has 1 aromatic heterocycles. The van der Waals surface area contributed by atoms with Crippen LogP contribution in [0.3, 0.4) is 0 Å². The number of carbonyl (C=O) groups excluding carboxylic acids is 1. The fourth-order valence-corrected chi connectivity index (χ4v) is 4.06. The monoisotopic (exact) mass is 381 g/mol. The van der Waals surface area contributed by atoms with Gasteiger partial charge in [0, 0.05) is 12.0 Å². The lowest BCUT2D eigenvalue weighted by Crippen LogP contribution is -2.05. The molecule has 1 aromatic carbocycles. The van der Waals surface area contributed by atoms with E-state index in [1.807, 2.05) is 13.0 Å². The molecule has 1 atom stereocenters. The lowest BCUT2D eigenvalue weighted by atomic mass is 10.1. The normalized spacial score (nSPS) is 16.3. The molecule has 0 spiro atoms. The zero-order valence-electron chi connectivity index (χ0n) is 12.6. The molecule has 4 nitrogen and oxygen atoms in total. The van der Waals surface area contributed by atoms with Crippen molar-refractivity contribution in [3.05, 3.63) is 32.7 Å². The summed E-state index contributed by atoms with van der Waals surface area (Å²) >= 11 is 4.93. The zero-order valence-corrected chi connectivity index (χ0v) is 15.0. The first kappa shape index (κ1) is 15.5. The molecule has 6 heteroatoms. The molecule has 0 aliphatic carbocycles. The van der Waals surface area contributed by atoms with Gasteiger partial charge in [-0.25, -0.2) is 9.78 Å². The standard InChI is InChI=1S/C16H16BrNO3S/c1-4-20-16(19)14-9(3)18-15(22-14)11-6-10-5-8(2)21-13(10)12(17)7-11/h6-8H,4-5H2,1-3H3. The van der Waals surface area contributed by atoms with E-state index < -0.39 is 0 Å². The highest BCUT2D eigenvalue weighted by molar-refractivity contribution is 9.10. The number of thiazole rings is 1. The van der Waals surface area contributed by atoms with Gasteiger partial charge >= 0.3 is 5.97 Å². The number of rotatable bonds is 3. The van der Waals surface area contributed by atoms with Gasteiger partial charge in [-0.15, -0.1) is 11.3 Å². The summed E-state index contributed by atoms with van der Waals surface area (Å²) in [6.07, 6.45) is 1.08. The summed E-state index contributed by atoms with van der Waals surface area (Å²) in [7, 11) is 0. The van der Waals surface area contributed by atoms with Crippen molar-refractivity contribution in [1.82, 2.24) is 4.98 Å². The number of nitrogens with zero attached hydrogens (tertiary/aromatic N) is 1. The highest BCUT2D eigenvalue weighted by Crippen LogP contribution is 2.40. The van der Waals surface area contributed by atoms with E-state index in [1.54, 1.807) is 6.92 Å². The number of aryl methyl sites for hydroxylation is 1. The molecule has 1 aliphatic heterocycles. The third kappa shape index (κ3) is 2.77. The van der Waals surface area contributed by atoms with Gasteiger partial charge in [-0.2, -0.15) is 0 Å². The van der Waals surface area contributed by atoms with Crippen LogP contribution in [0.1, 0.15) is 34.8 Å². The molecule has 1 aliphatic rings. The van der Waals surface area contributed by atoms with Crippen molar-refractivity contribution >= 4 is 33.2 Å². The van der Waals surface area contributed by atoms with Crippen LogP contribution in [0.15, 0.2) is 16.6 Å². The Labute approximate surface area is 141 Å². The smallest absolute Gasteiger partial charge is 0.350 e. The minimum Gasteiger partial charge on any atom is -0.489 e. The molecule has 0 radical (unpaired) electrons. The quantitative estimate of drug-likeness (QED) is 0.740. The molecule has 0 bridgehead atoms. The van der Waals surface area contributed by atoms with E-state index in [0.717, 1.165) is 27.2 Å². The Morgan fingerprint density at radius 3 is 3.05 bits per heavy atom. The van der Waals surface area contributed by atoms with Crippen molar-refractivity contribution in [2.24, 2.45) is 0 Å². The second kappa shape index (κ2) is 6.01. The number of esters is 1. The van der Waals surface area contributed by atoms with E-state index in [-0.39, 0.29) is 12.1 Å². The fourth-order valence-electron chi connectivity index (χ4n) is 2.52. The molecule has 116 valence electrons. The third-order valence-electron chi connectivity index (χ3n) is 3.45. The van der Waals surface area contributed by atoms with E-state index in [4.69, 9.17) is 9.47 Å². The maximum atomic E-state index is 11.9. The van der Waals surface area contributed by atoms with E-state index in [9.17, 15) is 4.79 Å². The number of benzene rings is 1. The summed E-state index contributed by atoms with van der Waals surface area (Å²) in [4.78, 5) is 17.0. The van der Waals surface area contributed by atoms with Crippen LogP contribution in [-0.2, 0) is 11.2 Å². The van der Waals surface area contributed by atoms with Crippen LogP contribution in [0.4, 0.5) is 0 Å². The number of aromatic nitrogens is 1. The zero-order chi connectivity index (χ0) is 15.9. The largest absolute Gasteiger partial charge is 0.489 e. The predicted octanol–water partition coefficient (Wildman–Crippen LogP) is 4.38. The fraction of sp³-hybridized carbons (Fsp3) is 0.375. The second-order valence-electron chi connectivity index (χ2n) is 5.23. The lowest BCUT2D eigenvalue weighted by molar-refractivity contribution is 0.0531. The minimum absolute atomic E-state index is 0.190. The van der Waals surface area contributed by atoms with Crippen LogP contribution < -0.4 is 4.74 Å². The molecule has 0 N–H and O–H groups in total. The molecule has 3 rings (SSSR count). The first-order valence-electron chi connectivity index (χ1n) is 7.13. The Hall–Kier alpha value is -1.40. The van der Waals surface area contributed by atoms with Gasteiger partial charge in [-0.05, 0) is 54.4 Å². The van der Waals surface area contributed by atoms with Gasteiger partial charge in [0.2, 0.25) is 0 Å². The Morgan fingerprint density at radius 1 is 1.55 bits per heavy atom. The van der Waals surface area contributed by atoms with Gasteiger partial charge in [0.25, 0.3) is 0 Å². The van der Waals surface area contributed by atoms with Crippen LogP contribution in [-0.4, -0.2) is 23.7 Å². The first-order valence-corrected chi connectivity index (χ1v) is 8.74. The topological polar surface area (TPSA) is 48.4 Å². The highest BCUT2D eigenvalue weighted by atomic mass is 79.9. The Balaban J connectivity index is 1.99. The summed E-state index contributed by atoms with van der Waals surface area (Å²) in [6.45, 7) is 6.05. The molecule has 1 unspecified atom stereocenters. The Morgan fingerprint density at radius 2 is 2.32 bits per heavy atom. The van der Waals surface area contributed by atoms with E-state index in [1.165, 1.54) is 16.9 Å². The summed E-state index contributed by atoms with van der Waals surface area (Å²) < 4.78 is 11.8. The van der Waals surface area contributed by atoms with E-state index in [2.05, 4.69) is 33.9 Å². The van der Waals surface area contributed by atoms with Crippen LogP contribution in [0.2, 0.25) is 0 Å². The first-order chi connectivity index (χ1) is 10.5. The maximum absolute atomic E-state index is 11.9. The van der Waals surface area contributed by atoms with Gasteiger partial charge in [0.15, 0.2) is 0 Å². The van der Waals surface area contributed by atoms with Gasteiger partial charge in [0.1, 0.15) is 21.7 Å².